The summed E-state index contributed by atoms with van der Waals surface area (Å²) in [6, 6.07) is 8.72. The van der Waals surface area contributed by atoms with Gasteiger partial charge in [-0.05, 0) is 48.6 Å². The Kier molecular flexibility index (Phi) is 7.08. The summed E-state index contributed by atoms with van der Waals surface area (Å²) in [5, 5.41) is 12.4. The van der Waals surface area contributed by atoms with Crippen LogP contribution in [0, 0.1) is 17.1 Å². The number of carbonyl (C=O) groups excluding carboxylic acids is 3. The van der Waals surface area contributed by atoms with Gasteiger partial charge in [-0.25, -0.2) is 18.2 Å². The summed E-state index contributed by atoms with van der Waals surface area (Å²) in [5.74, 6) is -5.52. The second-order valence-corrected chi connectivity index (χ2v) is 11.3. The highest BCUT2D eigenvalue weighted by atomic mass is 35.5. The molecule has 2 fully saturated rings. The van der Waals surface area contributed by atoms with Crippen LogP contribution in [0.25, 0.3) is 0 Å². The molecule has 220 valence electrons. The number of hydrogen-bond donors (Lipinski definition) is 1. The molecule has 0 unspecified atom stereocenters. The average molecular weight is 609 g/mol. The third-order valence-electron chi connectivity index (χ3n) is 8.27. The van der Waals surface area contributed by atoms with Gasteiger partial charge in [0.25, 0.3) is 17.7 Å². The van der Waals surface area contributed by atoms with E-state index in [4.69, 9.17) is 11.6 Å². The molecule has 1 aliphatic heterocycles. The number of carbonyl (C=O) groups is 3. The van der Waals surface area contributed by atoms with Crippen molar-refractivity contribution in [3.63, 3.8) is 0 Å². The summed E-state index contributed by atoms with van der Waals surface area (Å²) >= 11 is 6.52. The maximum absolute atomic E-state index is 14.8. The molecular weight excluding hydrogens is 585 g/mol. The predicted molar refractivity (Wildman–Crippen MR) is 149 cm³/mol. The quantitative estimate of drug-likeness (QED) is 0.442. The van der Waals surface area contributed by atoms with Crippen LogP contribution in [0.2, 0.25) is 5.02 Å². The molecule has 3 amide bonds. The minimum absolute atomic E-state index is 0.00605. The molecule has 2 aromatic heterocycles. The zero-order valence-electron chi connectivity index (χ0n) is 22.6. The summed E-state index contributed by atoms with van der Waals surface area (Å²) in [7, 11) is 0. The van der Waals surface area contributed by atoms with Crippen molar-refractivity contribution in [2.45, 2.75) is 62.1 Å². The lowest BCUT2D eigenvalue weighted by molar-refractivity contribution is -0.137. The number of hydrogen-bond acceptors (Lipinski definition) is 6. The lowest BCUT2D eigenvalue weighted by Crippen LogP contribution is -2.64. The van der Waals surface area contributed by atoms with Crippen LogP contribution < -0.4 is 15.1 Å². The number of nitriles is 1. The molecule has 2 aliphatic carbocycles. The fourth-order valence-corrected chi connectivity index (χ4v) is 6.58. The largest absolute Gasteiger partial charge is 0.351 e. The highest BCUT2D eigenvalue weighted by Crippen LogP contribution is 2.48. The van der Waals surface area contributed by atoms with E-state index in [0.29, 0.717) is 16.1 Å². The minimum atomic E-state index is -2.92. The number of fused-ring (bicyclic) bond motifs is 1. The van der Waals surface area contributed by atoms with Gasteiger partial charge in [-0.15, -0.1) is 0 Å². The smallest absolute Gasteiger partial charge is 0.252 e. The molecule has 1 saturated heterocycles. The van der Waals surface area contributed by atoms with Gasteiger partial charge in [0.1, 0.15) is 17.7 Å². The van der Waals surface area contributed by atoms with E-state index >= 15 is 0 Å². The topological polar surface area (TPSA) is 119 Å². The first-order valence-electron chi connectivity index (χ1n) is 13.6. The Morgan fingerprint density at radius 2 is 1.95 bits per heavy atom. The fraction of sp³-hybridized carbons (Fsp3) is 0.333. The molecule has 3 heterocycles. The van der Waals surface area contributed by atoms with Gasteiger partial charge in [-0.1, -0.05) is 23.7 Å². The second-order valence-electron chi connectivity index (χ2n) is 10.9. The van der Waals surface area contributed by atoms with Gasteiger partial charge in [-0.2, -0.15) is 5.26 Å². The lowest BCUT2D eigenvalue weighted by Gasteiger charge is -2.44. The van der Waals surface area contributed by atoms with Crippen molar-refractivity contribution in [2.24, 2.45) is 0 Å². The van der Waals surface area contributed by atoms with E-state index in [2.05, 4.69) is 15.3 Å². The van der Waals surface area contributed by atoms with Gasteiger partial charge >= 0.3 is 0 Å². The van der Waals surface area contributed by atoms with Gasteiger partial charge in [0, 0.05) is 42.6 Å². The van der Waals surface area contributed by atoms with Crippen molar-refractivity contribution in [1.29, 1.82) is 5.26 Å². The molecule has 2 atom stereocenters. The van der Waals surface area contributed by atoms with Crippen molar-refractivity contribution in [1.82, 2.24) is 15.3 Å². The van der Waals surface area contributed by atoms with Crippen molar-refractivity contribution >= 4 is 40.8 Å². The number of nitrogens with zero attached hydrogens (tertiary/aromatic N) is 5. The Morgan fingerprint density at radius 3 is 2.67 bits per heavy atom. The summed E-state index contributed by atoms with van der Waals surface area (Å²) < 4.78 is 42.2. The van der Waals surface area contributed by atoms with E-state index in [1.54, 1.807) is 18.2 Å². The molecule has 1 N–H and O–H groups in total. The first-order chi connectivity index (χ1) is 20.5. The molecule has 1 aromatic carbocycles. The molecular formula is C30H24ClF3N6O3. The normalized spacial score (nSPS) is 22.4. The van der Waals surface area contributed by atoms with Gasteiger partial charge in [0.05, 0.1) is 29.7 Å². The minimum Gasteiger partial charge on any atom is -0.351 e. The summed E-state index contributed by atoms with van der Waals surface area (Å²) in [5.41, 5.74) is -0.735. The number of benzene rings is 1. The number of amides is 3. The van der Waals surface area contributed by atoms with E-state index in [-0.39, 0.29) is 42.8 Å². The molecule has 43 heavy (non-hydrogen) atoms. The molecule has 0 spiro atoms. The van der Waals surface area contributed by atoms with Gasteiger partial charge < -0.3 is 5.32 Å². The Hall–Kier alpha value is -4.50. The van der Waals surface area contributed by atoms with Crippen molar-refractivity contribution in [2.75, 3.05) is 9.80 Å². The number of aromatic nitrogens is 2. The lowest BCUT2D eigenvalue weighted by atomic mass is 9.83. The van der Waals surface area contributed by atoms with Crippen LogP contribution in [0.5, 0.6) is 0 Å². The van der Waals surface area contributed by atoms with Crippen molar-refractivity contribution in [3.05, 3.63) is 82.5 Å². The van der Waals surface area contributed by atoms with Crippen LogP contribution >= 0.6 is 11.6 Å². The van der Waals surface area contributed by atoms with E-state index in [1.165, 1.54) is 29.4 Å². The molecule has 3 aliphatic rings. The average Bonchev–Trinajstić information content (AvgIpc) is 3.54. The number of anilines is 2. The number of pyridine rings is 2. The first kappa shape index (κ1) is 28.6. The van der Waals surface area contributed by atoms with E-state index in [0.717, 1.165) is 17.2 Å². The Labute approximate surface area is 249 Å². The Bertz CT molecular complexity index is 1690. The van der Waals surface area contributed by atoms with E-state index < -0.39 is 59.9 Å². The van der Waals surface area contributed by atoms with Gasteiger partial charge in [0.2, 0.25) is 5.91 Å². The van der Waals surface area contributed by atoms with Crippen LogP contribution in [0.1, 0.15) is 48.8 Å². The zero-order valence-corrected chi connectivity index (χ0v) is 23.3. The number of halogens is 4. The van der Waals surface area contributed by atoms with Gasteiger partial charge in [-0.3, -0.25) is 29.2 Å². The third-order valence-corrected chi connectivity index (χ3v) is 8.63. The maximum atomic E-state index is 14.8. The highest BCUT2D eigenvalue weighted by Gasteiger charge is 2.57. The van der Waals surface area contributed by atoms with E-state index in [1.807, 2.05) is 6.07 Å². The van der Waals surface area contributed by atoms with E-state index in [9.17, 15) is 32.8 Å². The number of nitrogens with one attached hydrogen (secondary N) is 1. The zero-order chi connectivity index (χ0) is 30.5. The SMILES string of the molecule is N#Cc1ccnc(N2C(=O)CC[C@H]2C(=O)N(c2cncc(F)c2)[C@]2(C(=O)NC3CC(F)(F)C3)CCc3c(Cl)cccc32)c1. The summed E-state index contributed by atoms with van der Waals surface area (Å²) in [4.78, 5) is 52.7. The molecule has 0 radical (unpaired) electrons. The second kappa shape index (κ2) is 10.6. The van der Waals surface area contributed by atoms with Crippen molar-refractivity contribution < 1.29 is 27.6 Å². The molecule has 9 nitrogen and oxygen atoms in total. The first-order valence-corrected chi connectivity index (χ1v) is 14.0. The van der Waals surface area contributed by atoms with Crippen LogP contribution in [-0.2, 0) is 26.3 Å². The van der Waals surface area contributed by atoms with Gasteiger partial charge in [0.15, 0.2) is 5.54 Å². The third kappa shape index (κ3) is 4.87. The van der Waals surface area contributed by atoms with Crippen molar-refractivity contribution in [3.8, 4) is 6.07 Å². The monoisotopic (exact) mass is 608 g/mol. The Morgan fingerprint density at radius 1 is 1.16 bits per heavy atom. The molecule has 3 aromatic rings. The molecule has 6 rings (SSSR count). The summed E-state index contributed by atoms with van der Waals surface area (Å²) in [6.45, 7) is 0. The standard InChI is InChI=1S/C30H24ClF3N6O3/c31-23-3-1-2-22-21(23)6-8-30(22,28(43)38-19-12-29(33,34)13-19)40(20-11-18(32)15-36-16-20)27(42)24-4-5-26(41)39(24)25-10-17(14-35)7-9-37-25/h1-3,7,9-11,15-16,19,24H,4-6,8,12-13H2,(H,38,43)/t24-,30+/m0/s1. The van der Waals surface area contributed by atoms with Crippen LogP contribution in [-0.4, -0.2) is 45.7 Å². The molecule has 13 heteroatoms. The Balaban J connectivity index is 1.51. The fourth-order valence-electron chi connectivity index (χ4n) is 6.31. The number of alkyl halides is 2. The summed E-state index contributed by atoms with van der Waals surface area (Å²) in [6.07, 6.45) is 2.68. The molecule has 1 saturated carbocycles. The molecule has 0 bridgehead atoms. The van der Waals surface area contributed by atoms with Crippen LogP contribution in [0.4, 0.5) is 24.7 Å². The van der Waals surface area contributed by atoms with Crippen LogP contribution in [0.15, 0.2) is 55.0 Å². The highest BCUT2D eigenvalue weighted by molar-refractivity contribution is 6.31. The number of rotatable bonds is 6. The predicted octanol–water partition coefficient (Wildman–Crippen LogP) is 4.42. The maximum Gasteiger partial charge on any atom is 0.252 e. The van der Waals surface area contributed by atoms with Crippen LogP contribution in [0.3, 0.4) is 0 Å².